The van der Waals surface area contributed by atoms with Gasteiger partial charge in [0.25, 0.3) is 5.91 Å². The molecule has 31 heavy (non-hydrogen) atoms. The van der Waals surface area contributed by atoms with E-state index < -0.39 is 11.3 Å². The fraction of sp³-hybridized carbons (Fsp3) is 0.500. The van der Waals surface area contributed by atoms with Crippen LogP contribution in [0.3, 0.4) is 0 Å². The van der Waals surface area contributed by atoms with Crippen molar-refractivity contribution in [1.82, 2.24) is 20.4 Å². The summed E-state index contributed by atoms with van der Waals surface area (Å²) in [5.41, 5.74) is 0.808. The fourth-order valence-electron chi connectivity index (χ4n) is 4.50. The molecule has 162 valence electrons. The number of amides is 3. The summed E-state index contributed by atoms with van der Waals surface area (Å²) >= 11 is 0. The maximum Gasteiger partial charge on any atom is 0.257 e. The maximum absolute atomic E-state index is 12.3. The lowest BCUT2D eigenvalue weighted by Gasteiger charge is -2.20. The molecular weight excluding hydrogens is 398 g/mol. The Kier molecular flexibility index (Phi) is 5.63. The highest BCUT2D eigenvalue weighted by atomic mass is 16.5. The van der Waals surface area contributed by atoms with Crippen LogP contribution in [0.2, 0.25) is 0 Å². The summed E-state index contributed by atoms with van der Waals surface area (Å²) in [5, 5.41) is 19.9. The second-order valence-corrected chi connectivity index (χ2v) is 8.33. The molecule has 2 aliphatic rings. The second kappa shape index (κ2) is 8.38. The van der Waals surface area contributed by atoms with E-state index in [-0.39, 0.29) is 30.7 Å². The van der Waals surface area contributed by atoms with E-state index >= 15 is 0 Å². The third-order valence-corrected chi connectivity index (χ3v) is 6.21. The molecule has 2 N–H and O–H groups in total. The first-order valence-electron chi connectivity index (χ1n) is 10.5. The fourth-order valence-corrected chi connectivity index (χ4v) is 4.50. The van der Waals surface area contributed by atoms with E-state index in [0.29, 0.717) is 29.9 Å². The Balaban J connectivity index is 1.47. The Morgan fingerprint density at radius 3 is 2.87 bits per heavy atom. The minimum atomic E-state index is -0.506. The van der Waals surface area contributed by atoms with E-state index in [1.807, 2.05) is 6.07 Å². The minimum absolute atomic E-state index is 0.181. The Bertz CT molecular complexity index is 1080. The number of fused-ring (bicyclic) bond motifs is 1. The molecule has 9 heteroatoms. The Labute approximate surface area is 179 Å². The molecule has 1 saturated heterocycles. The zero-order chi connectivity index (χ0) is 22.0. The maximum atomic E-state index is 12.3. The minimum Gasteiger partial charge on any atom is -0.482 e. The number of rotatable bonds is 6. The smallest absolute Gasteiger partial charge is 0.257 e. The van der Waals surface area contributed by atoms with Gasteiger partial charge in [-0.2, -0.15) is 10.4 Å². The van der Waals surface area contributed by atoms with Crippen molar-refractivity contribution >= 4 is 28.6 Å². The van der Waals surface area contributed by atoms with Gasteiger partial charge in [-0.05, 0) is 25.3 Å². The molecule has 1 saturated carbocycles. The van der Waals surface area contributed by atoms with Crippen molar-refractivity contribution in [2.75, 3.05) is 13.2 Å². The van der Waals surface area contributed by atoms with E-state index in [1.165, 1.54) is 0 Å². The monoisotopic (exact) mass is 423 g/mol. The van der Waals surface area contributed by atoms with Gasteiger partial charge in [-0.1, -0.05) is 25.0 Å². The largest absolute Gasteiger partial charge is 0.482 e. The van der Waals surface area contributed by atoms with Crippen molar-refractivity contribution < 1.29 is 19.1 Å². The van der Waals surface area contributed by atoms with Crippen LogP contribution in [-0.2, 0) is 21.4 Å². The van der Waals surface area contributed by atoms with Crippen LogP contribution in [0.25, 0.3) is 10.9 Å². The Hall–Kier alpha value is -3.41. The lowest BCUT2D eigenvalue weighted by molar-refractivity contribution is -0.134. The number of aromatic nitrogens is 2. The number of hydrogen-bond acceptors (Lipinski definition) is 6. The number of aryl methyl sites for hydroxylation is 1. The van der Waals surface area contributed by atoms with Crippen LogP contribution in [0, 0.1) is 16.7 Å². The van der Waals surface area contributed by atoms with E-state index in [0.717, 1.165) is 31.1 Å². The van der Waals surface area contributed by atoms with Gasteiger partial charge < -0.3 is 10.1 Å². The van der Waals surface area contributed by atoms with Crippen LogP contribution in [0.15, 0.2) is 18.2 Å². The van der Waals surface area contributed by atoms with E-state index in [2.05, 4.69) is 21.8 Å². The zero-order valence-corrected chi connectivity index (χ0v) is 17.4. The summed E-state index contributed by atoms with van der Waals surface area (Å²) in [6.07, 6.45) is 4.32. The number of nitrogens with zero attached hydrogens (tertiary/aromatic N) is 3. The lowest BCUT2D eigenvalue weighted by atomic mass is 9.88. The van der Waals surface area contributed by atoms with Crippen molar-refractivity contribution in [3.05, 3.63) is 23.9 Å². The van der Waals surface area contributed by atoms with Gasteiger partial charge in [-0.15, -0.1) is 0 Å². The molecule has 1 unspecified atom stereocenters. The first-order valence-corrected chi connectivity index (χ1v) is 10.5. The summed E-state index contributed by atoms with van der Waals surface area (Å²) in [7, 11) is 1.75. The first-order chi connectivity index (χ1) is 14.9. The highest BCUT2D eigenvalue weighted by molar-refractivity contribution is 6.03. The van der Waals surface area contributed by atoms with Crippen molar-refractivity contribution in [3.63, 3.8) is 0 Å². The zero-order valence-electron chi connectivity index (χ0n) is 17.4. The highest BCUT2D eigenvalue weighted by Gasteiger charge is 2.34. The van der Waals surface area contributed by atoms with Gasteiger partial charge in [0.15, 0.2) is 6.61 Å². The predicted molar refractivity (Wildman–Crippen MR) is 111 cm³/mol. The van der Waals surface area contributed by atoms with Gasteiger partial charge in [0.05, 0.1) is 23.1 Å². The van der Waals surface area contributed by atoms with Crippen molar-refractivity contribution in [2.45, 2.75) is 44.4 Å². The molecule has 0 bridgehead atoms. The normalized spacial score (nSPS) is 20.3. The molecule has 1 atom stereocenters. The molecule has 9 nitrogen and oxygen atoms in total. The summed E-state index contributed by atoms with van der Waals surface area (Å²) in [6, 6.07) is 7.75. The van der Waals surface area contributed by atoms with Gasteiger partial charge in [0.2, 0.25) is 11.8 Å². The predicted octanol–water partition coefficient (Wildman–Crippen LogP) is 1.67. The van der Waals surface area contributed by atoms with Gasteiger partial charge in [0.1, 0.15) is 11.3 Å². The summed E-state index contributed by atoms with van der Waals surface area (Å²) < 4.78 is 7.41. The first kappa shape index (κ1) is 20.8. The van der Waals surface area contributed by atoms with E-state index in [9.17, 15) is 19.6 Å². The third-order valence-electron chi connectivity index (χ3n) is 6.21. The van der Waals surface area contributed by atoms with Crippen LogP contribution in [-0.4, -0.2) is 40.7 Å². The van der Waals surface area contributed by atoms with Gasteiger partial charge in [-0.3, -0.25) is 24.4 Å². The second-order valence-electron chi connectivity index (χ2n) is 8.33. The molecule has 1 aromatic carbocycles. The number of imide groups is 1. The molecule has 3 amide bonds. The number of nitriles is 1. The Morgan fingerprint density at radius 2 is 2.16 bits per heavy atom. The van der Waals surface area contributed by atoms with Gasteiger partial charge in [0, 0.05) is 25.4 Å². The van der Waals surface area contributed by atoms with Crippen LogP contribution in [0.4, 0.5) is 0 Å². The quantitative estimate of drug-likeness (QED) is 0.681. The summed E-state index contributed by atoms with van der Waals surface area (Å²) in [6.45, 7) is 0.154. The number of hydrogen-bond donors (Lipinski definition) is 2. The van der Waals surface area contributed by atoms with Gasteiger partial charge >= 0.3 is 0 Å². The van der Waals surface area contributed by atoms with Crippen molar-refractivity contribution in [3.8, 4) is 11.8 Å². The molecule has 1 aliphatic carbocycles. The number of benzene rings is 1. The lowest BCUT2D eigenvalue weighted by Crippen LogP contribution is -2.39. The highest BCUT2D eigenvalue weighted by Crippen LogP contribution is 2.37. The molecule has 0 spiro atoms. The average Bonchev–Trinajstić information content (AvgIpc) is 3.36. The number of piperidine rings is 1. The topological polar surface area (TPSA) is 126 Å². The third kappa shape index (κ3) is 4.10. The van der Waals surface area contributed by atoms with Crippen LogP contribution >= 0.6 is 0 Å². The van der Waals surface area contributed by atoms with Crippen molar-refractivity contribution in [2.24, 2.45) is 12.5 Å². The molecule has 0 radical (unpaired) electrons. The standard InChI is InChI=1S/C22H25N5O4/c1-27-20-14(19(26-27)15-7-8-17(28)25-21(15)30)5-4-6-16(20)31-11-18(29)24-13-22(12-23)9-2-3-10-22/h4-6,15H,2-3,7-11,13H2,1H3,(H,24,29)(H,25,28,30). The molecule has 4 rings (SSSR count). The van der Waals surface area contributed by atoms with E-state index in [4.69, 9.17) is 4.74 Å². The van der Waals surface area contributed by atoms with Gasteiger partial charge in [-0.25, -0.2) is 0 Å². The Morgan fingerprint density at radius 1 is 1.39 bits per heavy atom. The molecule has 2 aromatic rings. The number of nitrogens with one attached hydrogen (secondary N) is 2. The summed E-state index contributed by atoms with van der Waals surface area (Å²) in [4.78, 5) is 36.1. The SMILES string of the molecule is Cn1nc(C2CCC(=O)NC2=O)c2cccc(OCC(=O)NCC3(C#N)CCCC3)c21. The molecule has 1 aromatic heterocycles. The van der Waals surface area contributed by atoms with Crippen LogP contribution < -0.4 is 15.4 Å². The molecule has 2 fully saturated rings. The number of carbonyl (C=O) groups excluding carboxylic acids is 3. The van der Waals surface area contributed by atoms with Crippen LogP contribution in [0.5, 0.6) is 5.75 Å². The molecule has 2 heterocycles. The molecule has 1 aliphatic heterocycles. The van der Waals surface area contributed by atoms with Crippen LogP contribution in [0.1, 0.15) is 50.1 Å². The summed E-state index contributed by atoms with van der Waals surface area (Å²) in [5.74, 6) is -0.927. The van der Waals surface area contributed by atoms with E-state index in [1.54, 1.807) is 23.9 Å². The molecular formula is C22H25N5O4. The number of ether oxygens (including phenoxy) is 1. The number of carbonyl (C=O) groups is 3. The number of para-hydroxylation sites is 1. The van der Waals surface area contributed by atoms with Crippen molar-refractivity contribution in [1.29, 1.82) is 5.26 Å². The average molecular weight is 423 g/mol.